The summed E-state index contributed by atoms with van der Waals surface area (Å²) in [6.45, 7) is 6.34. The Morgan fingerprint density at radius 2 is 1.60 bits per heavy atom. The number of carboxylic acids is 1. The van der Waals surface area contributed by atoms with Crippen molar-refractivity contribution < 1.29 is 23.5 Å². The maximum Gasteiger partial charge on any atom is 0.311 e. The van der Waals surface area contributed by atoms with Crippen LogP contribution in [0.2, 0.25) is 0 Å². The first-order valence-corrected chi connectivity index (χ1v) is 6.82. The average molecular weight is 291 g/mol. The Hall–Kier alpha value is -1.20. The van der Waals surface area contributed by atoms with Crippen molar-refractivity contribution in [1.29, 1.82) is 0 Å². The minimum absolute atomic E-state index is 0.141. The van der Waals surface area contributed by atoms with Crippen molar-refractivity contribution in [3.63, 3.8) is 0 Å². The van der Waals surface area contributed by atoms with Crippen LogP contribution in [-0.4, -0.2) is 28.4 Å². The van der Waals surface area contributed by atoms with Gasteiger partial charge in [0.15, 0.2) is 0 Å². The monoisotopic (exact) mass is 291 g/mol. The van der Waals surface area contributed by atoms with Gasteiger partial charge in [-0.05, 0) is 40.5 Å². The molecule has 1 amide bonds. The first-order chi connectivity index (χ1) is 8.89. The van der Waals surface area contributed by atoms with Gasteiger partial charge in [-0.15, -0.1) is 0 Å². The summed E-state index contributed by atoms with van der Waals surface area (Å²) >= 11 is 0. The van der Waals surface area contributed by atoms with Gasteiger partial charge >= 0.3 is 5.97 Å². The summed E-state index contributed by atoms with van der Waals surface area (Å²) in [6.07, 6.45) is -0.285. The molecule has 0 aromatic carbocycles. The van der Waals surface area contributed by atoms with Gasteiger partial charge in [0, 0.05) is 24.3 Å². The smallest absolute Gasteiger partial charge is 0.311 e. The SMILES string of the molecule is CC(C)(NC(=O)C1CCC(F)(F)CC1)C(C)(C)C(=O)O. The summed E-state index contributed by atoms with van der Waals surface area (Å²) in [5.74, 6) is -4.48. The van der Waals surface area contributed by atoms with Crippen molar-refractivity contribution in [3.05, 3.63) is 0 Å². The third kappa shape index (κ3) is 3.46. The van der Waals surface area contributed by atoms with Crippen molar-refractivity contribution in [2.24, 2.45) is 11.3 Å². The molecule has 116 valence electrons. The van der Waals surface area contributed by atoms with Gasteiger partial charge in [-0.2, -0.15) is 0 Å². The zero-order chi connectivity index (χ0) is 15.8. The molecule has 0 saturated heterocycles. The molecular weight excluding hydrogens is 268 g/mol. The van der Waals surface area contributed by atoms with Crippen molar-refractivity contribution >= 4 is 11.9 Å². The average Bonchev–Trinajstić information content (AvgIpc) is 2.27. The normalized spacial score (nSPS) is 20.5. The lowest BCUT2D eigenvalue weighted by Gasteiger charge is -2.40. The van der Waals surface area contributed by atoms with E-state index in [1.165, 1.54) is 13.8 Å². The third-order valence-electron chi connectivity index (χ3n) is 4.62. The van der Waals surface area contributed by atoms with E-state index in [2.05, 4.69) is 5.32 Å². The molecule has 1 aliphatic carbocycles. The number of hydrogen-bond donors (Lipinski definition) is 2. The molecule has 4 nitrogen and oxygen atoms in total. The second kappa shape index (κ2) is 5.30. The number of halogens is 2. The first-order valence-electron chi connectivity index (χ1n) is 6.82. The van der Waals surface area contributed by atoms with Gasteiger partial charge < -0.3 is 10.4 Å². The summed E-state index contributed by atoms with van der Waals surface area (Å²) < 4.78 is 26.1. The zero-order valence-corrected chi connectivity index (χ0v) is 12.4. The molecule has 1 rings (SSSR count). The van der Waals surface area contributed by atoms with E-state index in [1.807, 2.05) is 0 Å². The number of hydrogen-bond acceptors (Lipinski definition) is 2. The summed E-state index contributed by atoms with van der Waals surface area (Å²) in [5.41, 5.74) is -2.11. The van der Waals surface area contributed by atoms with Crippen molar-refractivity contribution in [3.8, 4) is 0 Å². The number of alkyl halides is 2. The molecular formula is C14H23F2NO3. The molecule has 0 radical (unpaired) electrons. The van der Waals surface area contributed by atoms with Crippen molar-refractivity contribution in [1.82, 2.24) is 5.32 Å². The maximum atomic E-state index is 13.1. The van der Waals surface area contributed by atoms with Gasteiger partial charge in [-0.1, -0.05) is 0 Å². The molecule has 0 atom stereocenters. The maximum absolute atomic E-state index is 13.1. The molecule has 1 saturated carbocycles. The van der Waals surface area contributed by atoms with E-state index in [4.69, 9.17) is 0 Å². The molecule has 20 heavy (non-hydrogen) atoms. The lowest BCUT2D eigenvalue weighted by Crippen LogP contribution is -2.58. The highest BCUT2D eigenvalue weighted by molar-refractivity contribution is 5.82. The predicted molar refractivity (Wildman–Crippen MR) is 70.5 cm³/mol. The highest BCUT2D eigenvalue weighted by atomic mass is 19.3. The molecule has 2 N–H and O–H groups in total. The van der Waals surface area contributed by atoms with Crippen LogP contribution in [0.25, 0.3) is 0 Å². The van der Waals surface area contributed by atoms with Crippen molar-refractivity contribution in [2.75, 3.05) is 0 Å². The third-order valence-corrected chi connectivity index (χ3v) is 4.62. The van der Waals surface area contributed by atoms with Crippen LogP contribution in [0.1, 0.15) is 53.4 Å². The highest BCUT2D eigenvalue weighted by Gasteiger charge is 2.46. The van der Waals surface area contributed by atoms with Gasteiger partial charge in [-0.25, -0.2) is 8.78 Å². The number of carboxylic acid groups (broad SMARTS) is 1. The van der Waals surface area contributed by atoms with Crippen LogP contribution in [0.4, 0.5) is 8.78 Å². The highest BCUT2D eigenvalue weighted by Crippen LogP contribution is 2.37. The number of carbonyl (C=O) groups is 2. The minimum Gasteiger partial charge on any atom is -0.481 e. The minimum atomic E-state index is -2.67. The standard InChI is InChI=1S/C14H23F2NO3/c1-12(2,11(19)20)13(3,4)17-10(18)9-5-7-14(15,16)8-6-9/h9H,5-8H2,1-4H3,(H,17,18)(H,19,20). The fourth-order valence-corrected chi connectivity index (χ4v) is 2.14. The Bertz CT molecular complexity index is 395. The predicted octanol–water partition coefficient (Wildman–Crippen LogP) is 2.82. The molecule has 0 aromatic rings. The molecule has 0 heterocycles. The summed E-state index contributed by atoms with van der Waals surface area (Å²) in [4.78, 5) is 23.4. The van der Waals surface area contributed by atoms with Gasteiger partial charge in [0.05, 0.1) is 5.41 Å². The molecule has 0 spiro atoms. The molecule has 0 unspecified atom stereocenters. The Morgan fingerprint density at radius 1 is 1.15 bits per heavy atom. The fraction of sp³-hybridized carbons (Fsp3) is 0.857. The van der Waals surface area contributed by atoms with Crippen LogP contribution >= 0.6 is 0 Å². The van der Waals surface area contributed by atoms with E-state index in [0.717, 1.165) is 0 Å². The van der Waals surface area contributed by atoms with Crippen molar-refractivity contribution in [2.45, 2.75) is 64.8 Å². The number of nitrogens with one attached hydrogen (secondary N) is 1. The lowest BCUT2D eigenvalue weighted by molar-refractivity contribution is -0.152. The lowest BCUT2D eigenvalue weighted by atomic mass is 9.74. The van der Waals surface area contributed by atoms with Crippen LogP contribution in [0.15, 0.2) is 0 Å². The van der Waals surface area contributed by atoms with Gasteiger partial charge in [0.25, 0.3) is 0 Å². The quantitative estimate of drug-likeness (QED) is 0.837. The first kappa shape index (κ1) is 16.9. The van der Waals surface area contributed by atoms with Gasteiger partial charge in [0.1, 0.15) is 0 Å². The number of rotatable bonds is 4. The van der Waals surface area contributed by atoms with Gasteiger partial charge in [-0.3, -0.25) is 9.59 Å². The van der Waals surface area contributed by atoms with E-state index >= 15 is 0 Å². The largest absolute Gasteiger partial charge is 0.481 e. The Morgan fingerprint density at radius 3 is 2.00 bits per heavy atom. The summed E-state index contributed by atoms with van der Waals surface area (Å²) in [6, 6.07) is 0. The van der Waals surface area contributed by atoms with Crippen LogP contribution in [0.3, 0.4) is 0 Å². The van der Waals surface area contributed by atoms with Crippen LogP contribution in [0.5, 0.6) is 0 Å². The molecule has 0 bridgehead atoms. The summed E-state index contributed by atoms with van der Waals surface area (Å²) in [7, 11) is 0. The molecule has 1 fully saturated rings. The Balaban J connectivity index is 2.69. The number of aliphatic carboxylic acids is 1. The van der Waals surface area contributed by atoms with E-state index in [0.29, 0.717) is 0 Å². The summed E-state index contributed by atoms with van der Waals surface area (Å²) in [5, 5.41) is 11.9. The Kier molecular flexibility index (Phi) is 4.46. The molecule has 0 aromatic heterocycles. The molecule has 1 aliphatic rings. The van der Waals surface area contributed by atoms with E-state index < -0.39 is 28.8 Å². The Labute approximate surface area is 117 Å². The number of carbonyl (C=O) groups excluding carboxylic acids is 1. The van der Waals surface area contributed by atoms with E-state index in [1.54, 1.807) is 13.8 Å². The molecule has 0 aliphatic heterocycles. The number of amides is 1. The fourth-order valence-electron chi connectivity index (χ4n) is 2.14. The van der Waals surface area contributed by atoms with Gasteiger partial charge in [0.2, 0.25) is 11.8 Å². The van der Waals surface area contributed by atoms with Crippen LogP contribution < -0.4 is 5.32 Å². The van der Waals surface area contributed by atoms with Crippen LogP contribution in [0, 0.1) is 11.3 Å². The van der Waals surface area contributed by atoms with E-state index in [9.17, 15) is 23.5 Å². The topological polar surface area (TPSA) is 66.4 Å². The van der Waals surface area contributed by atoms with Crippen LogP contribution in [-0.2, 0) is 9.59 Å². The van der Waals surface area contributed by atoms with E-state index in [-0.39, 0.29) is 31.6 Å². The second-order valence-corrected chi connectivity index (χ2v) is 6.67. The second-order valence-electron chi connectivity index (χ2n) is 6.67. The molecule has 6 heteroatoms. The zero-order valence-electron chi connectivity index (χ0n) is 12.4.